The van der Waals surface area contributed by atoms with Gasteiger partial charge in [0.1, 0.15) is 5.82 Å². The number of methoxy groups -OCH3 is 1. The quantitative estimate of drug-likeness (QED) is 0.699. The van der Waals surface area contributed by atoms with Crippen molar-refractivity contribution in [1.29, 1.82) is 5.26 Å². The molecule has 0 bridgehead atoms. The second-order valence-electron chi connectivity index (χ2n) is 7.41. The fourth-order valence-corrected chi connectivity index (χ4v) is 4.64. The molecule has 5 unspecified atom stereocenters. The van der Waals surface area contributed by atoms with Crippen molar-refractivity contribution in [2.24, 2.45) is 16.3 Å². The molecule has 152 valence electrons. The van der Waals surface area contributed by atoms with Gasteiger partial charge in [-0.05, 0) is 44.4 Å². The van der Waals surface area contributed by atoms with Gasteiger partial charge < -0.3 is 9.84 Å². The molecule has 1 aromatic carbocycles. The fraction of sp³-hybridized carbons (Fsp3) is 0.571. The Morgan fingerprint density at radius 1 is 1.54 bits per heavy atom. The topological polar surface area (TPSA) is 82.7 Å². The number of carboxylic acids is 1. The van der Waals surface area contributed by atoms with Crippen LogP contribution in [-0.4, -0.2) is 36.0 Å². The zero-order chi connectivity index (χ0) is 21.1. The summed E-state index contributed by atoms with van der Waals surface area (Å²) in [7, 11) is 1.57. The summed E-state index contributed by atoms with van der Waals surface area (Å²) in [6, 6.07) is 5.55. The Kier molecular flexibility index (Phi) is 7.19. The number of nitrogens with zero attached hydrogens (tertiary/aromatic N) is 2. The lowest BCUT2D eigenvalue weighted by Crippen LogP contribution is -2.53. The van der Waals surface area contributed by atoms with Gasteiger partial charge in [-0.2, -0.15) is 5.26 Å². The number of ether oxygens (including phenoxy) is 1. The minimum Gasteiger partial charge on any atom is -0.481 e. The number of hydrogen-bond acceptors (Lipinski definition) is 4. The fourth-order valence-electron chi connectivity index (χ4n) is 4.36. The van der Waals surface area contributed by atoms with E-state index in [4.69, 9.17) is 16.3 Å². The number of carboxylic acid groups (broad SMARTS) is 1. The lowest BCUT2D eigenvalue weighted by Gasteiger charge is -2.47. The van der Waals surface area contributed by atoms with Crippen molar-refractivity contribution < 1.29 is 19.0 Å². The third-order valence-corrected chi connectivity index (χ3v) is 6.08. The summed E-state index contributed by atoms with van der Waals surface area (Å²) in [6.07, 6.45) is 1.09. The number of halogens is 2. The van der Waals surface area contributed by atoms with Crippen LogP contribution in [0, 0.1) is 28.5 Å². The van der Waals surface area contributed by atoms with Crippen LogP contribution in [0.2, 0.25) is 5.02 Å². The molecule has 0 fully saturated rings. The molecule has 28 heavy (non-hydrogen) atoms. The molecule has 1 N–H and O–H groups in total. The second kappa shape index (κ2) is 9.02. The molecule has 2 rings (SSSR count). The maximum absolute atomic E-state index is 13.7. The first-order valence-corrected chi connectivity index (χ1v) is 9.75. The number of aliphatic carboxylic acids is 1. The Labute approximate surface area is 170 Å². The maximum Gasteiger partial charge on any atom is 0.312 e. The smallest absolute Gasteiger partial charge is 0.312 e. The van der Waals surface area contributed by atoms with Crippen molar-refractivity contribution in [3.05, 3.63) is 34.6 Å². The van der Waals surface area contributed by atoms with E-state index < -0.39 is 35.1 Å². The summed E-state index contributed by atoms with van der Waals surface area (Å²) in [5.41, 5.74) is -0.313. The monoisotopic (exact) mass is 408 g/mol. The van der Waals surface area contributed by atoms with Crippen LogP contribution in [0.5, 0.6) is 0 Å². The summed E-state index contributed by atoms with van der Waals surface area (Å²) in [5.74, 6) is -3.04. The van der Waals surface area contributed by atoms with Gasteiger partial charge in [-0.3, -0.25) is 9.79 Å². The van der Waals surface area contributed by atoms with Crippen LogP contribution in [0.4, 0.5) is 4.39 Å². The van der Waals surface area contributed by atoms with E-state index in [9.17, 15) is 19.6 Å². The van der Waals surface area contributed by atoms with Gasteiger partial charge in [0.25, 0.3) is 0 Å². The van der Waals surface area contributed by atoms with Crippen LogP contribution in [0.25, 0.3) is 0 Å². The number of aliphatic imine (C=N–C) groups is 1. The summed E-state index contributed by atoms with van der Waals surface area (Å²) < 4.78 is 19.0. The highest BCUT2D eigenvalue weighted by Crippen LogP contribution is 2.54. The Hall–Kier alpha value is -1.97. The molecule has 1 aliphatic rings. The van der Waals surface area contributed by atoms with E-state index in [1.807, 2.05) is 13.8 Å². The summed E-state index contributed by atoms with van der Waals surface area (Å²) in [5, 5.41) is 20.4. The van der Waals surface area contributed by atoms with E-state index >= 15 is 0 Å². The average molecular weight is 409 g/mol. The molecule has 1 aromatic rings. The molecule has 0 saturated heterocycles. The molecule has 0 amide bonds. The highest BCUT2D eigenvalue weighted by molar-refractivity contribution is 6.31. The summed E-state index contributed by atoms with van der Waals surface area (Å²) in [4.78, 5) is 17.4. The van der Waals surface area contributed by atoms with Gasteiger partial charge >= 0.3 is 5.97 Å². The largest absolute Gasteiger partial charge is 0.481 e. The molecular weight excluding hydrogens is 383 g/mol. The SMILES string of the molecule is CCCC1(C(=O)O)C(CC(C)OC)N=C(C)C(C#N)C1c1ccc(F)cc1Cl. The third-order valence-electron chi connectivity index (χ3n) is 5.75. The number of carbonyl (C=O) groups is 1. The number of hydrogen-bond donors (Lipinski definition) is 1. The Bertz CT molecular complexity index is 807. The van der Waals surface area contributed by atoms with E-state index in [2.05, 4.69) is 11.1 Å². The number of benzene rings is 1. The first-order valence-electron chi connectivity index (χ1n) is 9.37. The summed E-state index contributed by atoms with van der Waals surface area (Å²) >= 11 is 6.34. The van der Waals surface area contributed by atoms with E-state index in [-0.39, 0.29) is 11.1 Å². The van der Waals surface area contributed by atoms with Crippen molar-refractivity contribution in [3.63, 3.8) is 0 Å². The maximum atomic E-state index is 13.7. The Morgan fingerprint density at radius 2 is 2.21 bits per heavy atom. The van der Waals surface area contributed by atoms with Gasteiger partial charge in [0.05, 0.1) is 29.5 Å². The predicted octanol–water partition coefficient (Wildman–Crippen LogP) is 4.84. The van der Waals surface area contributed by atoms with Crippen LogP contribution >= 0.6 is 11.6 Å². The average Bonchev–Trinajstić information content (AvgIpc) is 2.63. The summed E-state index contributed by atoms with van der Waals surface area (Å²) in [6.45, 7) is 5.50. The Morgan fingerprint density at radius 3 is 2.71 bits per heavy atom. The van der Waals surface area contributed by atoms with Crippen molar-refractivity contribution >= 4 is 23.3 Å². The normalized spacial score (nSPS) is 28.3. The standard InChI is InChI=1S/C21H26ClFN2O3/c1-5-8-21(20(26)27)18(9-12(2)28-4)25-13(3)16(11-24)19(21)15-7-6-14(23)10-17(15)22/h6-7,10,12,16,18-19H,5,8-9H2,1-4H3,(H,26,27). The Balaban J connectivity index is 2.79. The van der Waals surface area contributed by atoms with Crippen LogP contribution in [0.3, 0.4) is 0 Å². The highest BCUT2D eigenvalue weighted by atomic mass is 35.5. The molecule has 1 aliphatic heterocycles. The lowest BCUT2D eigenvalue weighted by atomic mass is 9.57. The molecule has 0 saturated carbocycles. The van der Waals surface area contributed by atoms with Gasteiger partial charge in [-0.25, -0.2) is 4.39 Å². The minimum atomic E-state index is -1.34. The van der Waals surface area contributed by atoms with Crippen LogP contribution in [0.1, 0.15) is 51.5 Å². The predicted molar refractivity (Wildman–Crippen MR) is 106 cm³/mol. The molecule has 0 spiro atoms. The van der Waals surface area contributed by atoms with E-state index in [0.717, 1.165) is 6.07 Å². The molecule has 1 heterocycles. The molecule has 0 radical (unpaired) electrons. The van der Waals surface area contributed by atoms with Crippen LogP contribution in [0.15, 0.2) is 23.2 Å². The zero-order valence-electron chi connectivity index (χ0n) is 16.6. The van der Waals surface area contributed by atoms with Gasteiger partial charge in [-0.15, -0.1) is 0 Å². The highest BCUT2D eigenvalue weighted by Gasteiger charge is 2.58. The van der Waals surface area contributed by atoms with Crippen molar-refractivity contribution in [2.75, 3.05) is 7.11 Å². The van der Waals surface area contributed by atoms with Gasteiger partial charge in [0.2, 0.25) is 0 Å². The minimum absolute atomic E-state index is 0.125. The van der Waals surface area contributed by atoms with E-state index in [1.54, 1.807) is 14.0 Å². The van der Waals surface area contributed by atoms with E-state index in [1.165, 1.54) is 12.1 Å². The van der Waals surface area contributed by atoms with Crippen molar-refractivity contribution in [1.82, 2.24) is 0 Å². The molecule has 7 heteroatoms. The van der Waals surface area contributed by atoms with Crippen molar-refractivity contribution in [2.45, 2.75) is 58.1 Å². The molecular formula is C21H26ClFN2O3. The first-order chi connectivity index (χ1) is 13.2. The molecule has 0 aliphatic carbocycles. The van der Waals surface area contributed by atoms with E-state index in [0.29, 0.717) is 30.5 Å². The third kappa shape index (κ3) is 3.92. The number of nitriles is 1. The van der Waals surface area contributed by atoms with Crippen LogP contribution in [-0.2, 0) is 9.53 Å². The van der Waals surface area contributed by atoms with Gasteiger partial charge in [0, 0.05) is 23.8 Å². The zero-order valence-corrected chi connectivity index (χ0v) is 17.3. The van der Waals surface area contributed by atoms with Gasteiger partial charge in [-0.1, -0.05) is 31.0 Å². The number of rotatable bonds is 7. The lowest BCUT2D eigenvalue weighted by molar-refractivity contribution is -0.154. The second-order valence-corrected chi connectivity index (χ2v) is 7.82. The molecule has 5 atom stereocenters. The molecule has 5 nitrogen and oxygen atoms in total. The molecule has 0 aromatic heterocycles. The van der Waals surface area contributed by atoms with Crippen molar-refractivity contribution in [3.8, 4) is 6.07 Å². The van der Waals surface area contributed by atoms with Crippen LogP contribution < -0.4 is 0 Å². The van der Waals surface area contributed by atoms with Gasteiger partial charge in [0.15, 0.2) is 0 Å². The first kappa shape index (κ1) is 22.3.